The van der Waals surface area contributed by atoms with E-state index in [2.05, 4.69) is 17.5 Å². The van der Waals surface area contributed by atoms with Crippen molar-refractivity contribution in [3.63, 3.8) is 0 Å². The quantitative estimate of drug-likeness (QED) is 0.722. The van der Waals surface area contributed by atoms with Crippen molar-refractivity contribution in [2.24, 2.45) is 5.92 Å². The van der Waals surface area contributed by atoms with Crippen LogP contribution in [0, 0.1) is 5.92 Å². The van der Waals surface area contributed by atoms with E-state index in [4.69, 9.17) is 4.74 Å². The van der Waals surface area contributed by atoms with E-state index in [-0.39, 0.29) is 23.6 Å². The number of phenolic OH excluding ortho intramolecular Hbond substituents is 1. The van der Waals surface area contributed by atoms with E-state index in [0.717, 1.165) is 36.1 Å². The number of methoxy groups -OCH3 is 1. The minimum Gasteiger partial charge on any atom is -0.504 e. The lowest BCUT2D eigenvalue weighted by Gasteiger charge is -2.38. The second-order valence-corrected chi connectivity index (χ2v) is 10.2. The van der Waals surface area contributed by atoms with Gasteiger partial charge in [0.05, 0.1) is 18.0 Å². The fraction of sp³-hybridized carbons (Fsp3) is 0.391. The summed E-state index contributed by atoms with van der Waals surface area (Å²) in [5, 5.41) is 14.3. The third kappa shape index (κ3) is 2.99. The summed E-state index contributed by atoms with van der Waals surface area (Å²) in [7, 11) is -1.91. The Morgan fingerprint density at radius 2 is 1.93 bits per heavy atom. The number of benzene rings is 2. The van der Waals surface area contributed by atoms with Gasteiger partial charge in [0.25, 0.3) is 0 Å². The number of phenols is 1. The topological polar surface area (TPSA) is 78.9 Å². The number of para-hydroxylation sites is 1. The molecule has 3 unspecified atom stereocenters. The second kappa shape index (κ2) is 7.32. The van der Waals surface area contributed by atoms with Crippen molar-refractivity contribution in [1.29, 1.82) is 0 Å². The number of allylic oxidation sites excluding steroid dienone is 2. The van der Waals surface area contributed by atoms with Gasteiger partial charge in [0, 0.05) is 30.3 Å². The number of rotatable bonds is 4. The van der Waals surface area contributed by atoms with Gasteiger partial charge in [-0.25, -0.2) is 8.42 Å². The average Bonchev–Trinajstić information content (AvgIpc) is 3.45. The third-order valence-corrected chi connectivity index (χ3v) is 8.52. The predicted octanol–water partition coefficient (Wildman–Crippen LogP) is 4.01. The molecule has 3 atom stereocenters. The number of hydrogen-bond donors (Lipinski definition) is 2. The molecule has 2 aliphatic heterocycles. The molecular weight excluding hydrogens is 400 g/mol. The van der Waals surface area contributed by atoms with Gasteiger partial charge in [-0.2, -0.15) is 4.31 Å². The number of aromatic hydroxyl groups is 1. The van der Waals surface area contributed by atoms with E-state index in [9.17, 15) is 13.5 Å². The van der Waals surface area contributed by atoms with Gasteiger partial charge >= 0.3 is 0 Å². The Hall–Kier alpha value is -2.51. The molecule has 30 heavy (non-hydrogen) atoms. The van der Waals surface area contributed by atoms with Crippen LogP contribution in [0.1, 0.15) is 42.3 Å². The summed E-state index contributed by atoms with van der Waals surface area (Å²) in [5.41, 5.74) is 2.72. The van der Waals surface area contributed by atoms with E-state index >= 15 is 0 Å². The summed E-state index contributed by atoms with van der Waals surface area (Å²) in [4.78, 5) is 0.367. The lowest BCUT2D eigenvalue weighted by atomic mass is 9.77. The molecule has 0 spiro atoms. The zero-order chi connectivity index (χ0) is 20.9. The van der Waals surface area contributed by atoms with Crippen LogP contribution in [0.2, 0.25) is 0 Å². The predicted molar refractivity (Wildman–Crippen MR) is 115 cm³/mol. The minimum absolute atomic E-state index is 0.0892. The molecule has 2 heterocycles. The molecule has 2 aromatic rings. The van der Waals surface area contributed by atoms with Crippen LogP contribution in [0.4, 0.5) is 5.69 Å². The Labute approximate surface area is 177 Å². The van der Waals surface area contributed by atoms with Crippen LogP contribution in [-0.2, 0) is 10.0 Å². The van der Waals surface area contributed by atoms with Gasteiger partial charge in [-0.3, -0.25) is 0 Å². The summed E-state index contributed by atoms with van der Waals surface area (Å²) < 4.78 is 33.0. The monoisotopic (exact) mass is 426 g/mol. The molecule has 3 aliphatic rings. The highest BCUT2D eigenvalue weighted by molar-refractivity contribution is 7.89. The number of fused-ring (bicyclic) bond motifs is 3. The first-order chi connectivity index (χ1) is 14.5. The van der Waals surface area contributed by atoms with Crippen LogP contribution in [0.5, 0.6) is 11.5 Å². The van der Waals surface area contributed by atoms with Crippen LogP contribution in [0.25, 0.3) is 0 Å². The summed E-state index contributed by atoms with van der Waals surface area (Å²) >= 11 is 0. The fourth-order valence-electron chi connectivity index (χ4n) is 5.07. The fourth-order valence-corrected chi connectivity index (χ4v) is 6.63. The zero-order valence-electron chi connectivity index (χ0n) is 16.9. The largest absolute Gasteiger partial charge is 0.504 e. The number of hydrogen-bond acceptors (Lipinski definition) is 5. The van der Waals surface area contributed by atoms with E-state index in [0.29, 0.717) is 23.7 Å². The van der Waals surface area contributed by atoms with E-state index < -0.39 is 10.0 Å². The molecular formula is C23H26N2O4S. The Balaban J connectivity index is 1.55. The second-order valence-electron chi connectivity index (χ2n) is 8.23. The summed E-state index contributed by atoms with van der Waals surface area (Å²) in [6, 6.07) is 10.9. The number of nitrogens with zero attached hydrogens (tertiary/aromatic N) is 1. The maximum absolute atomic E-state index is 13.1. The lowest BCUT2D eigenvalue weighted by Crippen LogP contribution is -2.31. The highest BCUT2D eigenvalue weighted by atomic mass is 32.2. The van der Waals surface area contributed by atoms with Crippen LogP contribution in [0.3, 0.4) is 0 Å². The molecule has 1 fully saturated rings. The SMILES string of the molecule is COc1cccc(C2Nc3ccc(S(=O)(=O)N4CCCC4)cc3C3C=CCC32)c1O. The Kier molecular flexibility index (Phi) is 4.75. The summed E-state index contributed by atoms with van der Waals surface area (Å²) in [5.74, 6) is 0.903. The van der Waals surface area contributed by atoms with E-state index in [1.54, 1.807) is 23.5 Å². The zero-order valence-corrected chi connectivity index (χ0v) is 17.7. The van der Waals surface area contributed by atoms with Crippen molar-refractivity contribution in [2.45, 2.75) is 36.1 Å². The van der Waals surface area contributed by atoms with Gasteiger partial charge in [-0.15, -0.1) is 0 Å². The van der Waals surface area contributed by atoms with Crippen LogP contribution >= 0.6 is 0 Å². The summed E-state index contributed by atoms with van der Waals surface area (Å²) in [6.07, 6.45) is 7.02. The number of nitrogens with one attached hydrogen (secondary N) is 1. The van der Waals surface area contributed by atoms with E-state index in [1.165, 1.54) is 0 Å². The van der Waals surface area contributed by atoms with Gasteiger partial charge < -0.3 is 15.2 Å². The van der Waals surface area contributed by atoms with Crippen LogP contribution in [0.15, 0.2) is 53.4 Å². The minimum atomic E-state index is -3.46. The molecule has 158 valence electrons. The van der Waals surface area contributed by atoms with Crippen LogP contribution < -0.4 is 10.1 Å². The van der Waals surface area contributed by atoms with Gasteiger partial charge in [0.2, 0.25) is 10.0 Å². The Bertz CT molecular complexity index is 1110. The molecule has 0 saturated carbocycles. The first kappa shape index (κ1) is 19.5. The van der Waals surface area contributed by atoms with Gasteiger partial charge in [0.15, 0.2) is 11.5 Å². The first-order valence-corrected chi connectivity index (χ1v) is 11.9. The smallest absolute Gasteiger partial charge is 0.243 e. The summed E-state index contributed by atoms with van der Waals surface area (Å²) in [6.45, 7) is 1.20. The molecule has 0 amide bonds. The highest BCUT2D eigenvalue weighted by Crippen LogP contribution is 2.52. The van der Waals surface area contributed by atoms with Gasteiger partial charge in [-0.05, 0) is 55.0 Å². The normalized spacial score (nSPS) is 25.6. The maximum Gasteiger partial charge on any atom is 0.243 e. The molecule has 5 rings (SSSR count). The van der Waals surface area contributed by atoms with Crippen molar-refractivity contribution in [3.8, 4) is 11.5 Å². The molecule has 1 saturated heterocycles. The Morgan fingerprint density at radius 3 is 2.70 bits per heavy atom. The highest BCUT2D eigenvalue weighted by Gasteiger charge is 2.40. The number of ether oxygens (including phenoxy) is 1. The van der Waals surface area contributed by atoms with Crippen molar-refractivity contribution in [2.75, 3.05) is 25.5 Å². The molecule has 2 N–H and O–H groups in total. The van der Waals surface area contributed by atoms with Crippen molar-refractivity contribution >= 4 is 15.7 Å². The molecule has 7 heteroatoms. The van der Waals surface area contributed by atoms with Gasteiger partial charge in [-0.1, -0.05) is 24.3 Å². The first-order valence-electron chi connectivity index (χ1n) is 10.4. The maximum atomic E-state index is 13.1. The van der Waals surface area contributed by atoms with E-state index in [1.807, 2.05) is 24.3 Å². The lowest BCUT2D eigenvalue weighted by molar-refractivity contribution is 0.358. The molecule has 0 bridgehead atoms. The molecule has 1 aliphatic carbocycles. The molecule has 2 aromatic carbocycles. The number of anilines is 1. The van der Waals surface area contributed by atoms with Crippen molar-refractivity contribution in [3.05, 3.63) is 59.7 Å². The van der Waals surface area contributed by atoms with Crippen molar-refractivity contribution in [1.82, 2.24) is 4.31 Å². The molecule has 0 aromatic heterocycles. The third-order valence-electron chi connectivity index (χ3n) is 6.62. The Morgan fingerprint density at radius 1 is 1.13 bits per heavy atom. The van der Waals surface area contributed by atoms with Crippen molar-refractivity contribution < 1.29 is 18.3 Å². The molecule has 6 nitrogen and oxygen atoms in total. The van der Waals surface area contributed by atoms with Crippen LogP contribution in [-0.4, -0.2) is 38.0 Å². The standard InChI is InChI=1S/C23H26N2O4S/c1-29-21-9-5-8-18(23(21)26)22-17-7-4-6-16(17)19-14-15(10-11-20(19)24-22)30(27,28)25-12-2-3-13-25/h4-6,8-11,14,16-17,22,24,26H,2-3,7,12-13H2,1H3. The number of sulfonamides is 1. The molecule has 0 radical (unpaired) electrons. The van der Waals surface area contributed by atoms with Gasteiger partial charge in [0.1, 0.15) is 0 Å². The average molecular weight is 427 g/mol.